The van der Waals surface area contributed by atoms with E-state index >= 15 is 0 Å². The quantitative estimate of drug-likeness (QED) is 0.516. The van der Waals surface area contributed by atoms with Crippen LogP contribution >= 0.6 is 27.7 Å². The molecule has 2 amide bonds. The molecule has 0 radical (unpaired) electrons. The highest BCUT2D eigenvalue weighted by Crippen LogP contribution is 2.55. The van der Waals surface area contributed by atoms with Gasteiger partial charge in [-0.15, -0.1) is 11.8 Å². The first kappa shape index (κ1) is 19.4. The van der Waals surface area contributed by atoms with Gasteiger partial charge in [0.1, 0.15) is 0 Å². The fourth-order valence-electron chi connectivity index (χ4n) is 4.18. The van der Waals surface area contributed by atoms with Crippen LogP contribution in [-0.2, 0) is 21.0 Å². The van der Waals surface area contributed by atoms with Gasteiger partial charge in [0, 0.05) is 15.7 Å². The van der Waals surface area contributed by atoms with Crippen molar-refractivity contribution in [2.24, 2.45) is 0 Å². The van der Waals surface area contributed by atoms with Crippen molar-refractivity contribution in [3.05, 3.63) is 94.0 Å². The molecule has 1 spiro atoms. The number of fused-ring (bicyclic) bond motifs is 2. The number of thioether (sulfide) groups is 1. The zero-order valence-electron chi connectivity index (χ0n) is 16.3. The van der Waals surface area contributed by atoms with E-state index in [9.17, 15) is 9.59 Å². The predicted octanol–water partition coefficient (Wildman–Crippen LogP) is 5.24. The second-order valence-corrected chi connectivity index (χ2v) is 9.62. The maximum absolute atomic E-state index is 14.0. The molecule has 4 nitrogen and oxygen atoms in total. The van der Waals surface area contributed by atoms with Crippen LogP contribution < -0.4 is 9.80 Å². The number of amides is 2. The summed E-state index contributed by atoms with van der Waals surface area (Å²) in [6, 6.07) is 23.6. The highest BCUT2D eigenvalue weighted by Gasteiger charge is 2.60. The minimum absolute atomic E-state index is 0.0531. The second kappa shape index (κ2) is 7.29. The predicted molar refractivity (Wildman–Crippen MR) is 125 cm³/mol. The monoisotopic (exact) mass is 478 g/mol. The Morgan fingerprint density at radius 1 is 0.967 bits per heavy atom. The van der Waals surface area contributed by atoms with E-state index in [1.165, 1.54) is 17.3 Å². The number of rotatable bonds is 3. The lowest BCUT2D eigenvalue weighted by Crippen LogP contribution is -2.49. The van der Waals surface area contributed by atoms with E-state index in [1.54, 1.807) is 4.90 Å². The lowest BCUT2D eigenvalue weighted by atomic mass is 10.0. The third-order valence-electron chi connectivity index (χ3n) is 5.61. The van der Waals surface area contributed by atoms with Crippen LogP contribution in [0.2, 0.25) is 0 Å². The van der Waals surface area contributed by atoms with Gasteiger partial charge in [-0.2, -0.15) is 0 Å². The Hall–Kier alpha value is -2.57. The van der Waals surface area contributed by atoms with Crippen molar-refractivity contribution in [2.75, 3.05) is 15.6 Å². The van der Waals surface area contributed by atoms with E-state index < -0.39 is 4.87 Å². The fraction of sp³-hybridized carbons (Fsp3) is 0.167. The van der Waals surface area contributed by atoms with Crippen molar-refractivity contribution in [3.8, 4) is 0 Å². The van der Waals surface area contributed by atoms with Crippen molar-refractivity contribution in [3.63, 3.8) is 0 Å². The molecule has 5 rings (SSSR count). The summed E-state index contributed by atoms with van der Waals surface area (Å²) in [6.45, 7) is 2.52. The molecular weight excluding hydrogens is 460 g/mol. The number of halogens is 1. The molecule has 6 heteroatoms. The van der Waals surface area contributed by atoms with Crippen molar-refractivity contribution < 1.29 is 9.59 Å². The summed E-state index contributed by atoms with van der Waals surface area (Å²) in [5, 5.41) is 0. The molecule has 0 aliphatic carbocycles. The van der Waals surface area contributed by atoms with E-state index in [-0.39, 0.29) is 17.6 Å². The van der Waals surface area contributed by atoms with Gasteiger partial charge in [-0.3, -0.25) is 14.5 Å². The molecule has 0 bridgehead atoms. The van der Waals surface area contributed by atoms with Gasteiger partial charge >= 0.3 is 0 Å². The molecule has 1 saturated heterocycles. The number of benzene rings is 3. The SMILES string of the molecule is Cc1ccc(CN2C(=O)[C@]3(SCC(=O)N3c3ccc(Br)cc3)c3ccccc32)cc1. The Labute approximate surface area is 188 Å². The molecule has 0 N–H and O–H groups in total. The van der Waals surface area contributed by atoms with Crippen LogP contribution in [0.1, 0.15) is 16.7 Å². The molecule has 3 aromatic rings. The van der Waals surface area contributed by atoms with Crippen LogP contribution in [0.25, 0.3) is 0 Å². The number of nitrogens with zero attached hydrogens (tertiary/aromatic N) is 2. The van der Waals surface area contributed by atoms with Gasteiger partial charge in [-0.05, 0) is 42.8 Å². The summed E-state index contributed by atoms with van der Waals surface area (Å²) in [7, 11) is 0. The van der Waals surface area contributed by atoms with Gasteiger partial charge in [0.15, 0.2) is 0 Å². The molecule has 30 heavy (non-hydrogen) atoms. The lowest BCUT2D eigenvalue weighted by molar-refractivity contribution is -0.123. The Morgan fingerprint density at radius 3 is 2.40 bits per heavy atom. The third kappa shape index (κ3) is 2.89. The maximum Gasteiger partial charge on any atom is 0.269 e. The van der Waals surface area contributed by atoms with Gasteiger partial charge < -0.3 is 4.90 Å². The lowest BCUT2D eigenvalue weighted by Gasteiger charge is -2.33. The topological polar surface area (TPSA) is 40.6 Å². The number of hydrogen-bond donors (Lipinski definition) is 0. The summed E-state index contributed by atoms with van der Waals surface area (Å²) in [5.41, 5.74) is 4.72. The Morgan fingerprint density at radius 2 is 1.67 bits per heavy atom. The average Bonchev–Trinajstić information content (AvgIpc) is 3.22. The minimum Gasteiger partial charge on any atom is -0.304 e. The molecule has 0 aromatic heterocycles. The number of anilines is 2. The van der Waals surface area contributed by atoms with Crippen molar-refractivity contribution in [2.45, 2.75) is 18.3 Å². The normalized spacial score (nSPS) is 20.3. The Balaban J connectivity index is 1.62. The largest absolute Gasteiger partial charge is 0.304 e. The molecule has 1 fully saturated rings. The van der Waals surface area contributed by atoms with E-state index in [0.717, 1.165) is 27.0 Å². The number of para-hydroxylation sites is 1. The van der Waals surface area contributed by atoms with Crippen molar-refractivity contribution in [1.29, 1.82) is 0 Å². The highest BCUT2D eigenvalue weighted by molar-refractivity contribution is 9.10. The Kier molecular flexibility index (Phi) is 4.71. The molecule has 2 aliphatic rings. The highest BCUT2D eigenvalue weighted by atomic mass is 79.9. The van der Waals surface area contributed by atoms with Crippen molar-refractivity contribution in [1.82, 2.24) is 0 Å². The summed E-state index contributed by atoms with van der Waals surface area (Å²) in [6.07, 6.45) is 0. The molecule has 0 saturated carbocycles. The molecule has 2 heterocycles. The molecule has 150 valence electrons. The maximum atomic E-state index is 14.0. The average molecular weight is 479 g/mol. The summed E-state index contributed by atoms with van der Waals surface area (Å²) >= 11 is 4.86. The first-order valence-electron chi connectivity index (χ1n) is 9.70. The molecular formula is C24H19BrN2O2S. The number of carbonyl (C=O) groups is 2. The number of hydrogen-bond acceptors (Lipinski definition) is 3. The second-order valence-electron chi connectivity index (χ2n) is 7.53. The number of aryl methyl sites for hydroxylation is 1. The summed E-state index contributed by atoms with van der Waals surface area (Å²) < 4.78 is 0.929. The Bertz CT molecular complexity index is 1150. The van der Waals surface area contributed by atoms with Gasteiger partial charge in [-0.1, -0.05) is 64.0 Å². The standard InChI is InChI=1S/C24H19BrN2O2S/c1-16-6-8-17(9-7-16)14-26-21-5-3-2-4-20(21)24(23(26)29)27(22(28)15-30-24)19-12-10-18(25)11-13-19/h2-13H,14-15H2,1H3/t24-/m1/s1. The van der Waals surface area contributed by atoms with Gasteiger partial charge in [0.2, 0.25) is 10.8 Å². The van der Waals surface area contributed by atoms with Gasteiger partial charge in [-0.25, -0.2) is 0 Å². The van der Waals surface area contributed by atoms with E-state index in [0.29, 0.717) is 6.54 Å². The van der Waals surface area contributed by atoms with Crippen LogP contribution in [0.3, 0.4) is 0 Å². The summed E-state index contributed by atoms with van der Waals surface area (Å²) in [4.78, 5) is 29.4. The molecule has 2 aliphatic heterocycles. The van der Waals surface area contributed by atoms with Gasteiger partial charge in [0.25, 0.3) is 5.91 Å². The number of carbonyl (C=O) groups excluding carboxylic acids is 2. The summed E-state index contributed by atoms with van der Waals surface area (Å²) in [5.74, 6) is 0.153. The zero-order valence-corrected chi connectivity index (χ0v) is 18.7. The first-order valence-corrected chi connectivity index (χ1v) is 11.5. The van der Waals surface area contributed by atoms with Crippen LogP contribution in [0.5, 0.6) is 0 Å². The van der Waals surface area contributed by atoms with E-state index in [1.807, 2.05) is 60.4 Å². The van der Waals surface area contributed by atoms with Crippen LogP contribution in [-0.4, -0.2) is 17.6 Å². The van der Waals surface area contributed by atoms with E-state index in [2.05, 4.69) is 40.2 Å². The van der Waals surface area contributed by atoms with Crippen LogP contribution in [0, 0.1) is 6.92 Å². The van der Waals surface area contributed by atoms with Crippen LogP contribution in [0.15, 0.2) is 77.3 Å². The smallest absolute Gasteiger partial charge is 0.269 e. The molecule has 1 atom stereocenters. The minimum atomic E-state index is -1.06. The van der Waals surface area contributed by atoms with Crippen molar-refractivity contribution >= 4 is 50.9 Å². The fourth-order valence-corrected chi connectivity index (χ4v) is 5.80. The molecule has 0 unspecified atom stereocenters. The molecule has 3 aromatic carbocycles. The van der Waals surface area contributed by atoms with Gasteiger partial charge in [0.05, 0.1) is 18.0 Å². The third-order valence-corrected chi connectivity index (χ3v) is 7.52. The van der Waals surface area contributed by atoms with Crippen LogP contribution in [0.4, 0.5) is 11.4 Å². The first-order chi connectivity index (χ1) is 14.5. The zero-order chi connectivity index (χ0) is 20.9. The van der Waals surface area contributed by atoms with E-state index in [4.69, 9.17) is 0 Å².